The lowest BCUT2D eigenvalue weighted by Gasteiger charge is -2.06. The zero-order chi connectivity index (χ0) is 14.4. The van der Waals surface area contributed by atoms with Gasteiger partial charge in [-0.05, 0) is 12.1 Å². The molecule has 0 atom stereocenters. The van der Waals surface area contributed by atoms with Gasteiger partial charge in [0.15, 0.2) is 0 Å². The van der Waals surface area contributed by atoms with Gasteiger partial charge in [-0.3, -0.25) is 19.7 Å². The summed E-state index contributed by atoms with van der Waals surface area (Å²) in [4.78, 5) is 31.9. The first-order chi connectivity index (χ1) is 8.93. The van der Waals surface area contributed by atoms with Crippen LogP contribution in [0.3, 0.4) is 0 Å². The van der Waals surface area contributed by atoms with Gasteiger partial charge in [-0.1, -0.05) is 0 Å². The smallest absolute Gasteiger partial charge is 0.303 e. The van der Waals surface area contributed by atoms with Crippen molar-refractivity contribution >= 4 is 23.3 Å². The van der Waals surface area contributed by atoms with E-state index in [0.29, 0.717) is 0 Å². The molecule has 8 heteroatoms. The maximum atomic E-state index is 11.4. The van der Waals surface area contributed by atoms with E-state index in [1.165, 1.54) is 25.3 Å². The Morgan fingerprint density at radius 1 is 1.42 bits per heavy atom. The number of nitrogens with one attached hydrogen (secondary N) is 1. The zero-order valence-corrected chi connectivity index (χ0v) is 10.1. The summed E-state index contributed by atoms with van der Waals surface area (Å²) < 4.78 is 4.85. The number of anilines is 1. The summed E-state index contributed by atoms with van der Waals surface area (Å²) in [5.74, 6) is -1.43. The minimum Gasteiger partial charge on any atom is -0.496 e. The van der Waals surface area contributed by atoms with Crippen LogP contribution in [-0.2, 0) is 9.59 Å². The van der Waals surface area contributed by atoms with Crippen LogP contribution in [-0.4, -0.2) is 29.0 Å². The first-order valence-electron chi connectivity index (χ1n) is 5.28. The monoisotopic (exact) mass is 268 g/mol. The van der Waals surface area contributed by atoms with E-state index in [1.54, 1.807) is 0 Å². The fourth-order valence-corrected chi connectivity index (χ4v) is 1.33. The largest absolute Gasteiger partial charge is 0.496 e. The number of amides is 1. The fourth-order valence-electron chi connectivity index (χ4n) is 1.33. The van der Waals surface area contributed by atoms with Crippen molar-refractivity contribution in [3.63, 3.8) is 0 Å². The molecular weight excluding hydrogens is 256 g/mol. The first kappa shape index (κ1) is 14.4. The van der Waals surface area contributed by atoms with Crippen molar-refractivity contribution < 1.29 is 24.4 Å². The van der Waals surface area contributed by atoms with Gasteiger partial charge in [0, 0.05) is 6.42 Å². The Morgan fingerprint density at radius 2 is 2.11 bits per heavy atom. The highest BCUT2D eigenvalue weighted by atomic mass is 16.6. The molecule has 1 aromatic rings. The quantitative estimate of drug-likeness (QED) is 0.594. The second-order valence-electron chi connectivity index (χ2n) is 3.58. The van der Waals surface area contributed by atoms with E-state index >= 15 is 0 Å². The number of rotatable bonds is 6. The van der Waals surface area contributed by atoms with Crippen molar-refractivity contribution in [1.82, 2.24) is 0 Å². The number of hydrogen-bond donors (Lipinski definition) is 2. The molecule has 2 N–H and O–H groups in total. The lowest BCUT2D eigenvalue weighted by molar-refractivity contribution is -0.384. The van der Waals surface area contributed by atoms with Crippen molar-refractivity contribution in [3.8, 4) is 5.75 Å². The van der Waals surface area contributed by atoms with Crippen molar-refractivity contribution in [3.05, 3.63) is 28.3 Å². The standard InChI is InChI=1S/C11H12N2O6/c1-19-7-2-3-8(9(6-7)13(17)18)12-10(14)4-5-11(15)16/h2-3,6H,4-5H2,1H3,(H,12,14)(H,15,16). The summed E-state index contributed by atoms with van der Waals surface area (Å²) >= 11 is 0. The number of nitro benzene ring substituents is 1. The predicted molar refractivity (Wildman–Crippen MR) is 65.1 cm³/mol. The number of hydrogen-bond acceptors (Lipinski definition) is 5. The number of carboxylic acid groups (broad SMARTS) is 1. The summed E-state index contributed by atoms with van der Waals surface area (Å²) in [7, 11) is 1.37. The van der Waals surface area contributed by atoms with E-state index in [4.69, 9.17) is 9.84 Å². The number of nitrogens with zero attached hydrogens (tertiary/aromatic N) is 1. The zero-order valence-electron chi connectivity index (χ0n) is 10.1. The van der Waals surface area contributed by atoms with Gasteiger partial charge in [0.25, 0.3) is 5.69 Å². The Kier molecular flexibility index (Phi) is 4.81. The molecule has 102 valence electrons. The van der Waals surface area contributed by atoms with E-state index < -0.39 is 16.8 Å². The van der Waals surface area contributed by atoms with Crippen LogP contribution in [0.1, 0.15) is 12.8 Å². The van der Waals surface area contributed by atoms with Gasteiger partial charge >= 0.3 is 5.97 Å². The number of benzene rings is 1. The second-order valence-corrected chi connectivity index (χ2v) is 3.58. The van der Waals surface area contributed by atoms with Crippen molar-refractivity contribution in [1.29, 1.82) is 0 Å². The molecule has 8 nitrogen and oxygen atoms in total. The van der Waals surface area contributed by atoms with E-state index in [1.807, 2.05) is 0 Å². The van der Waals surface area contributed by atoms with Gasteiger partial charge in [0.1, 0.15) is 11.4 Å². The molecule has 0 aromatic heterocycles. The highest BCUT2D eigenvalue weighted by Gasteiger charge is 2.17. The lowest BCUT2D eigenvalue weighted by Crippen LogP contribution is -2.14. The minimum atomic E-state index is -1.11. The Morgan fingerprint density at radius 3 is 2.63 bits per heavy atom. The highest BCUT2D eigenvalue weighted by Crippen LogP contribution is 2.28. The van der Waals surface area contributed by atoms with Crippen LogP contribution < -0.4 is 10.1 Å². The van der Waals surface area contributed by atoms with Gasteiger partial charge in [-0.25, -0.2) is 0 Å². The molecule has 0 saturated carbocycles. The van der Waals surface area contributed by atoms with Crippen LogP contribution >= 0.6 is 0 Å². The molecule has 0 aliphatic heterocycles. The number of methoxy groups -OCH3 is 1. The molecular formula is C11H12N2O6. The molecule has 0 radical (unpaired) electrons. The summed E-state index contributed by atoms with van der Waals surface area (Å²) in [5.41, 5.74) is -0.316. The number of aliphatic carboxylic acids is 1. The molecule has 1 amide bonds. The van der Waals surface area contributed by atoms with Gasteiger partial charge in [-0.15, -0.1) is 0 Å². The summed E-state index contributed by atoms with van der Waals surface area (Å²) in [6.45, 7) is 0. The van der Waals surface area contributed by atoms with Gasteiger partial charge in [-0.2, -0.15) is 0 Å². The molecule has 0 unspecified atom stereocenters. The topological polar surface area (TPSA) is 119 Å². The number of carbonyl (C=O) groups excluding carboxylic acids is 1. The number of ether oxygens (including phenoxy) is 1. The summed E-state index contributed by atoms with van der Waals surface area (Å²) in [5, 5.41) is 21.6. The average Bonchev–Trinajstić information content (AvgIpc) is 2.36. The summed E-state index contributed by atoms with van der Waals surface area (Å²) in [6, 6.07) is 3.96. The Bertz CT molecular complexity index is 514. The fraction of sp³-hybridized carbons (Fsp3) is 0.273. The predicted octanol–water partition coefficient (Wildman–Crippen LogP) is 1.41. The molecule has 19 heavy (non-hydrogen) atoms. The van der Waals surface area contributed by atoms with Crippen molar-refractivity contribution in [2.75, 3.05) is 12.4 Å². The van der Waals surface area contributed by atoms with Crippen LogP contribution in [0.4, 0.5) is 11.4 Å². The Hall–Kier alpha value is -2.64. The Labute approximate surface area is 108 Å². The Balaban J connectivity index is 2.85. The molecule has 0 saturated heterocycles. The third-order valence-corrected chi connectivity index (χ3v) is 2.24. The molecule has 0 bridgehead atoms. The molecule has 0 aliphatic rings. The maximum absolute atomic E-state index is 11.4. The van der Waals surface area contributed by atoms with Crippen molar-refractivity contribution in [2.45, 2.75) is 12.8 Å². The van der Waals surface area contributed by atoms with Crippen LogP contribution in [0.2, 0.25) is 0 Å². The molecule has 1 rings (SSSR count). The van der Waals surface area contributed by atoms with Gasteiger partial charge in [0.2, 0.25) is 5.91 Å². The minimum absolute atomic E-state index is 0.00110. The molecule has 1 aromatic carbocycles. The molecule has 0 aliphatic carbocycles. The third-order valence-electron chi connectivity index (χ3n) is 2.24. The molecule has 0 spiro atoms. The van der Waals surface area contributed by atoms with Gasteiger partial charge in [0.05, 0.1) is 24.5 Å². The maximum Gasteiger partial charge on any atom is 0.303 e. The van der Waals surface area contributed by atoms with Gasteiger partial charge < -0.3 is 15.2 Å². The van der Waals surface area contributed by atoms with Crippen LogP contribution in [0.25, 0.3) is 0 Å². The highest BCUT2D eigenvalue weighted by molar-refractivity contribution is 5.94. The van der Waals surface area contributed by atoms with Crippen LogP contribution in [0.5, 0.6) is 5.75 Å². The van der Waals surface area contributed by atoms with Crippen molar-refractivity contribution in [2.24, 2.45) is 0 Å². The SMILES string of the molecule is COc1ccc(NC(=O)CCC(=O)O)c([N+](=O)[O-])c1. The van der Waals surface area contributed by atoms with E-state index in [-0.39, 0.29) is 30.0 Å². The van der Waals surface area contributed by atoms with Crippen LogP contribution in [0.15, 0.2) is 18.2 Å². The summed E-state index contributed by atoms with van der Waals surface area (Å²) in [6.07, 6.45) is -0.589. The number of nitro groups is 1. The third kappa shape index (κ3) is 4.26. The second kappa shape index (κ2) is 6.34. The molecule has 0 fully saturated rings. The normalized spacial score (nSPS) is 9.74. The number of carboxylic acids is 1. The average molecular weight is 268 g/mol. The van der Waals surface area contributed by atoms with E-state index in [2.05, 4.69) is 5.32 Å². The van der Waals surface area contributed by atoms with E-state index in [0.717, 1.165) is 0 Å². The molecule has 0 heterocycles. The van der Waals surface area contributed by atoms with Crippen LogP contribution in [0, 0.1) is 10.1 Å². The first-order valence-corrected chi connectivity index (χ1v) is 5.28. The number of carbonyl (C=O) groups is 2. The van der Waals surface area contributed by atoms with E-state index in [9.17, 15) is 19.7 Å². The lowest BCUT2D eigenvalue weighted by atomic mass is 10.2.